The number of hydrogen-bond donors (Lipinski definition) is 1. The summed E-state index contributed by atoms with van der Waals surface area (Å²) in [6.07, 6.45) is 1.63. The van der Waals surface area contributed by atoms with E-state index >= 15 is 0 Å². The third-order valence-electron chi connectivity index (χ3n) is 4.06. The molecule has 0 aliphatic rings. The number of aromatic nitrogens is 1. The SMILES string of the molecule is Cc1cc(/C=N\NC(=O)COc2ccccc2)c(C)n1-c1ccc(Cl)cc1. The summed E-state index contributed by atoms with van der Waals surface area (Å²) < 4.78 is 7.49. The number of nitrogens with zero attached hydrogens (tertiary/aromatic N) is 2. The number of nitrogens with one attached hydrogen (secondary N) is 1. The van der Waals surface area contributed by atoms with Gasteiger partial charge in [-0.15, -0.1) is 0 Å². The number of carbonyl (C=O) groups excluding carboxylic acids is 1. The molecule has 0 unspecified atom stereocenters. The predicted molar refractivity (Wildman–Crippen MR) is 108 cm³/mol. The molecule has 27 heavy (non-hydrogen) atoms. The average Bonchev–Trinajstić information content (AvgIpc) is 2.95. The van der Waals surface area contributed by atoms with E-state index in [1.807, 2.05) is 62.4 Å². The van der Waals surface area contributed by atoms with Crippen molar-refractivity contribution in [1.82, 2.24) is 9.99 Å². The van der Waals surface area contributed by atoms with Crippen molar-refractivity contribution in [2.45, 2.75) is 13.8 Å². The fraction of sp³-hybridized carbons (Fsp3) is 0.143. The van der Waals surface area contributed by atoms with Crippen molar-refractivity contribution in [3.63, 3.8) is 0 Å². The first-order chi connectivity index (χ1) is 13.0. The second-order valence-corrected chi connectivity index (χ2v) is 6.47. The van der Waals surface area contributed by atoms with E-state index in [0.29, 0.717) is 10.8 Å². The lowest BCUT2D eigenvalue weighted by atomic mass is 10.2. The summed E-state index contributed by atoms with van der Waals surface area (Å²) in [5.74, 6) is 0.324. The van der Waals surface area contributed by atoms with Gasteiger partial charge >= 0.3 is 0 Å². The summed E-state index contributed by atoms with van der Waals surface area (Å²) in [6.45, 7) is 3.93. The minimum Gasteiger partial charge on any atom is -0.484 e. The molecule has 0 aliphatic carbocycles. The van der Waals surface area contributed by atoms with Crippen LogP contribution in [0.1, 0.15) is 17.0 Å². The molecule has 0 spiro atoms. The molecular weight excluding hydrogens is 362 g/mol. The van der Waals surface area contributed by atoms with Gasteiger partial charge in [0.2, 0.25) is 0 Å². The Balaban J connectivity index is 1.63. The van der Waals surface area contributed by atoms with Gasteiger partial charge in [0.1, 0.15) is 5.75 Å². The normalized spacial score (nSPS) is 10.9. The molecule has 5 nitrogen and oxygen atoms in total. The molecule has 0 bridgehead atoms. The number of rotatable bonds is 6. The van der Waals surface area contributed by atoms with Gasteiger partial charge in [0.15, 0.2) is 6.61 Å². The van der Waals surface area contributed by atoms with Crippen LogP contribution in [0.15, 0.2) is 65.8 Å². The highest BCUT2D eigenvalue weighted by molar-refractivity contribution is 6.30. The van der Waals surface area contributed by atoms with E-state index in [2.05, 4.69) is 15.1 Å². The van der Waals surface area contributed by atoms with Crippen LogP contribution in [-0.2, 0) is 4.79 Å². The van der Waals surface area contributed by atoms with Crippen LogP contribution >= 0.6 is 11.6 Å². The summed E-state index contributed by atoms with van der Waals surface area (Å²) in [5, 5.41) is 4.74. The average molecular weight is 382 g/mol. The topological polar surface area (TPSA) is 55.6 Å². The second-order valence-electron chi connectivity index (χ2n) is 6.03. The molecule has 0 aliphatic heterocycles. The molecule has 2 aromatic carbocycles. The predicted octanol–water partition coefficient (Wildman–Crippen LogP) is 4.28. The van der Waals surface area contributed by atoms with Gasteiger partial charge in [0.25, 0.3) is 5.91 Å². The summed E-state index contributed by atoms with van der Waals surface area (Å²) in [4.78, 5) is 11.8. The number of hydrogen-bond acceptors (Lipinski definition) is 3. The zero-order valence-electron chi connectivity index (χ0n) is 15.1. The standard InChI is InChI=1S/C21H20ClN3O2/c1-15-12-17(16(2)25(15)19-10-8-18(22)9-11-19)13-23-24-21(26)14-27-20-6-4-3-5-7-20/h3-13H,14H2,1-2H3,(H,24,26)/b23-13-. The first kappa shape index (κ1) is 18.7. The Kier molecular flexibility index (Phi) is 5.94. The number of ether oxygens (including phenoxy) is 1. The Labute approximate surface area is 163 Å². The number of aryl methyl sites for hydroxylation is 1. The van der Waals surface area contributed by atoms with Crippen molar-refractivity contribution >= 4 is 23.7 Å². The number of para-hydroxylation sites is 1. The molecule has 138 valence electrons. The number of amides is 1. The molecule has 6 heteroatoms. The van der Waals surface area contributed by atoms with Gasteiger partial charge in [0, 0.05) is 27.7 Å². The van der Waals surface area contributed by atoms with E-state index in [0.717, 1.165) is 22.6 Å². The Morgan fingerprint density at radius 3 is 2.56 bits per heavy atom. The molecule has 1 aromatic heterocycles. The molecule has 1 heterocycles. The van der Waals surface area contributed by atoms with Crippen LogP contribution in [-0.4, -0.2) is 23.3 Å². The molecule has 0 saturated heterocycles. The van der Waals surface area contributed by atoms with Crippen molar-refractivity contribution < 1.29 is 9.53 Å². The maximum Gasteiger partial charge on any atom is 0.277 e. The molecule has 3 aromatic rings. The van der Waals surface area contributed by atoms with E-state index in [9.17, 15) is 4.79 Å². The maximum absolute atomic E-state index is 11.8. The monoisotopic (exact) mass is 381 g/mol. The zero-order chi connectivity index (χ0) is 19.2. The largest absolute Gasteiger partial charge is 0.484 e. The van der Waals surface area contributed by atoms with Gasteiger partial charge in [-0.05, 0) is 56.3 Å². The number of halogens is 1. The Morgan fingerprint density at radius 2 is 1.85 bits per heavy atom. The van der Waals surface area contributed by atoms with E-state index in [-0.39, 0.29) is 12.5 Å². The molecule has 0 saturated carbocycles. The molecule has 1 N–H and O–H groups in total. The van der Waals surface area contributed by atoms with Crippen LogP contribution in [0, 0.1) is 13.8 Å². The zero-order valence-corrected chi connectivity index (χ0v) is 15.9. The van der Waals surface area contributed by atoms with E-state index in [1.165, 1.54) is 0 Å². The van der Waals surface area contributed by atoms with Gasteiger partial charge < -0.3 is 9.30 Å². The number of carbonyl (C=O) groups is 1. The summed E-state index contributed by atoms with van der Waals surface area (Å²) in [5.41, 5.74) is 6.52. The molecule has 0 radical (unpaired) electrons. The lowest BCUT2D eigenvalue weighted by molar-refractivity contribution is -0.123. The van der Waals surface area contributed by atoms with Gasteiger partial charge in [-0.3, -0.25) is 4.79 Å². The quantitative estimate of drug-likeness (QED) is 0.512. The second kappa shape index (κ2) is 8.56. The summed E-state index contributed by atoms with van der Waals surface area (Å²) >= 11 is 5.97. The van der Waals surface area contributed by atoms with Gasteiger partial charge in [-0.25, -0.2) is 5.43 Å². The Hall–Kier alpha value is -3.05. The maximum atomic E-state index is 11.8. The van der Waals surface area contributed by atoms with E-state index < -0.39 is 0 Å². The van der Waals surface area contributed by atoms with Crippen LogP contribution in [0.2, 0.25) is 5.02 Å². The van der Waals surface area contributed by atoms with Crippen molar-refractivity contribution in [1.29, 1.82) is 0 Å². The Bertz CT molecular complexity index is 948. The van der Waals surface area contributed by atoms with Crippen molar-refractivity contribution in [3.05, 3.63) is 82.6 Å². The van der Waals surface area contributed by atoms with Crippen molar-refractivity contribution in [2.24, 2.45) is 5.10 Å². The van der Waals surface area contributed by atoms with Crippen LogP contribution in [0.4, 0.5) is 0 Å². The molecule has 0 atom stereocenters. The third kappa shape index (κ3) is 4.77. The Morgan fingerprint density at radius 1 is 1.15 bits per heavy atom. The van der Waals surface area contributed by atoms with E-state index in [4.69, 9.17) is 16.3 Å². The first-order valence-electron chi connectivity index (χ1n) is 8.49. The van der Waals surface area contributed by atoms with Crippen LogP contribution in [0.5, 0.6) is 5.75 Å². The fourth-order valence-corrected chi connectivity index (χ4v) is 2.90. The first-order valence-corrected chi connectivity index (χ1v) is 8.87. The lowest BCUT2D eigenvalue weighted by Gasteiger charge is -2.09. The van der Waals surface area contributed by atoms with Crippen molar-refractivity contribution in [3.8, 4) is 11.4 Å². The van der Waals surface area contributed by atoms with Crippen LogP contribution < -0.4 is 10.2 Å². The van der Waals surface area contributed by atoms with Crippen molar-refractivity contribution in [2.75, 3.05) is 6.61 Å². The fourth-order valence-electron chi connectivity index (χ4n) is 2.78. The van der Waals surface area contributed by atoms with Gasteiger partial charge in [0.05, 0.1) is 6.21 Å². The molecule has 0 fully saturated rings. The van der Waals surface area contributed by atoms with Crippen LogP contribution in [0.3, 0.4) is 0 Å². The molecule has 3 rings (SSSR count). The number of hydrazone groups is 1. The highest BCUT2D eigenvalue weighted by Crippen LogP contribution is 2.21. The highest BCUT2D eigenvalue weighted by Gasteiger charge is 2.09. The highest BCUT2D eigenvalue weighted by atomic mass is 35.5. The van der Waals surface area contributed by atoms with Crippen LogP contribution in [0.25, 0.3) is 5.69 Å². The van der Waals surface area contributed by atoms with Gasteiger partial charge in [-0.2, -0.15) is 5.10 Å². The van der Waals surface area contributed by atoms with Gasteiger partial charge in [-0.1, -0.05) is 29.8 Å². The smallest absolute Gasteiger partial charge is 0.277 e. The molecule has 1 amide bonds. The minimum atomic E-state index is -0.318. The summed E-state index contributed by atoms with van der Waals surface area (Å²) in [7, 11) is 0. The lowest BCUT2D eigenvalue weighted by Crippen LogP contribution is -2.24. The molecular formula is C21H20ClN3O2. The van der Waals surface area contributed by atoms with E-state index in [1.54, 1.807) is 18.3 Å². The summed E-state index contributed by atoms with van der Waals surface area (Å²) in [6, 6.07) is 18.8. The third-order valence-corrected chi connectivity index (χ3v) is 4.31. The number of benzene rings is 2. The minimum absolute atomic E-state index is 0.0921.